The van der Waals surface area contributed by atoms with Gasteiger partial charge in [-0.15, -0.1) is 22.7 Å². The number of guanidine groups is 1. The summed E-state index contributed by atoms with van der Waals surface area (Å²) in [4.78, 5) is 17.7. The zero-order valence-electron chi connectivity index (χ0n) is 12.2. The summed E-state index contributed by atoms with van der Waals surface area (Å²) in [5.74, 6) is 0.799. The number of rotatable bonds is 3. The molecule has 0 saturated heterocycles. The second kappa shape index (κ2) is 6.43. The first-order chi connectivity index (χ1) is 11.4. The molecule has 0 fully saturated rings. The summed E-state index contributed by atoms with van der Waals surface area (Å²) < 4.78 is 0. The number of pyridine rings is 1. The van der Waals surface area contributed by atoms with Gasteiger partial charge in [0.05, 0.1) is 0 Å². The fraction of sp³-hybridized carbons (Fsp3) is 0.200. The Balaban J connectivity index is 1.53. The summed E-state index contributed by atoms with van der Waals surface area (Å²) in [5, 5.41) is 12.3. The van der Waals surface area contributed by atoms with E-state index in [-0.39, 0.29) is 0 Å². The topological polar surface area (TPSA) is 75.1 Å². The van der Waals surface area contributed by atoms with Crippen molar-refractivity contribution in [3.05, 3.63) is 35.3 Å². The normalized spacial score (nSPS) is 14.2. The lowest BCUT2D eigenvalue weighted by atomic mass is 10.3. The molecule has 0 radical (unpaired) electrons. The predicted octanol–water partition coefficient (Wildman–Crippen LogP) is 3.09. The summed E-state index contributed by atoms with van der Waals surface area (Å²) in [6.45, 7) is 1.81. The third-order valence-corrected chi connectivity index (χ3v) is 4.97. The number of hydrogen-bond acceptors (Lipinski definition) is 8. The summed E-state index contributed by atoms with van der Waals surface area (Å²) in [6.07, 6.45) is 4.63. The van der Waals surface area contributed by atoms with Gasteiger partial charge in [0.2, 0.25) is 0 Å². The number of aromatic nitrogens is 3. The Morgan fingerprint density at radius 3 is 2.70 bits per heavy atom. The SMILES string of the molecule is c1cc(-c2nc(-c3csc(NC4=NCCCN4)n3)cs2)ccn1. The minimum absolute atomic E-state index is 0.799. The van der Waals surface area contributed by atoms with Gasteiger partial charge in [0, 0.05) is 41.8 Å². The lowest BCUT2D eigenvalue weighted by Gasteiger charge is -2.13. The van der Waals surface area contributed by atoms with Gasteiger partial charge >= 0.3 is 0 Å². The van der Waals surface area contributed by atoms with Crippen LogP contribution in [0.15, 0.2) is 40.3 Å². The number of anilines is 1. The lowest BCUT2D eigenvalue weighted by Crippen LogP contribution is -2.35. The molecule has 116 valence electrons. The van der Waals surface area contributed by atoms with Crippen LogP contribution >= 0.6 is 22.7 Å². The molecular formula is C15H14N6S2. The molecule has 2 N–H and O–H groups in total. The van der Waals surface area contributed by atoms with Gasteiger partial charge in [-0.25, -0.2) is 9.97 Å². The van der Waals surface area contributed by atoms with Crippen LogP contribution < -0.4 is 10.6 Å². The van der Waals surface area contributed by atoms with Crippen molar-refractivity contribution in [2.45, 2.75) is 6.42 Å². The van der Waals surface area contributed by atoms with Gasteiger partial charge in [-0.05, 0) is 18.6 Å². The highest BCUT2D eigenvalue weighted by Gasteiger charge is 2.12. The molecule has 1 aliphatic rings. The maximum absolute atomic E-state index is 4.67. The molecule has 0 bridgehead atoms. The molecule has 23 heavy (non-hydrogen) atoms. The maximum Gasteiger partial charge on any atom is 0.197 e. The number of hydrogen-bond donors (Lipinski definition) is 2. The third kappa shape index (κ3) is 3.22. The van der Waals surface area contributed by atoms with E-state index in [1.165, 1.54) is 0 Å². The van der Waals surface area contributed by atoms with E-state index in [1.54, 1.807) is 35.1 Å². The summed E-state index contributed by atoms with van der Waals surface area (Å²) in [7, 11) is 0. The number of aliphatic imine (C=N–C) groups is 1. The highest BCUT2D eigenvalue weighted by atomic mass is 32.1. The van der Waals surface area contributed by atoms with Crippen molar-refractivity contribution in [2.75, 3.05) is 18.4 Å². The molecule has 0 aromatic carbocycles. The smallest absolute Gasteiger partial charge is 0.197 e. The largest absolute Gasteiger partial charge is 0.356 e. The van der Waals surface area contributed by atoms with Crippen molar-refractivity contribution < 1.29 is 0 Å². The molecule has 0 aliphatic carbocycles. The second-order valence-corrected chi connectivity index (χ2v) is 6.66. The number of thiazole rings is 2. The van der Waals surface area contributed by atoms with Crippen LogP contribution in [-0.2, 0) is 0 Å². The molecule has 0 unspecified atom stereocenters. The average Bonchev–Trinajstić information content (AvgIpc) is 3.26. The molecule has 1 aliphatic heterocycles. The van der Waals surface area contributed by atoms with Crippen molar-refractivity contribution >= 4 is 33.8 Å². The van der Waals surface area contributed by atoms with Gasteiger partial charge in [0.15, 0.2) is 11.1 Å². The van der Waals surface area contributed by atoms with Crippen LogP contribution in [0.25, 0.3) is 22.0 Å². The van der Waals surface area contributed by atoms with Gasteiger partial charge in [0.25, 0.3) is 0 Å². The van der Waals surface area contributed by atoms with Gasteiger partial charge in [0.1, 0.15) is 16.4 Å². The Kier molecular flexibility index (Phi) is 3.99. The maximum atomic E-state index is 4.67. The van der Waals surface area contributed by atoms with E-state index < -0.39 is 0 Å². The minimum Gasteiger partial charge on any atom is -0.356 e. The molecule has 4 rings (SSSR count). The number of nitrogens with one attached hydrogen (secondary N) is 2. The van der Waals surface area contributed by atoms with E-state index in [9.17, 15) is 0 Å². The van der Waals surface area contributed by atoms with Gasteiger partial charge < -0.3 is 10.6 Å². The Bertz CT molecular complexity index is 823. The molecule has 8 heteroatoms. The zero-order chi connectivity index (χ0) is 15.5. The van der Waals surface area contributed by atoms with Crippen LogP contribution in [0, 0.1) is 0 Å². The zero-order valence-corrected chi connectivity index (χ0v) is 13.8. The van der Waals surface area contributed by atoms with Crippen LogP contribution in [0.3, 0.4) is 0 Å². The third-order valence-electron chi connectivity index (χ3n) is 3.32. The Labute approximate surface area is 141 Å². The van der Waals surface area contributed by atoms with Crippen molar-refractivity contribution in [1.82, 2.24) is 20.3 Å². The van der Waals surface area contributed by atoms with Gasteiger partial charge in [-0.1, -0.05) is 0 Å². The van der Waals surface area contributed by atoms with Crippen molar-refractivity contribution in [3.63, 3.8) is 0 Å². The monoisotopic (exact) mass is 342 g/mol. The van der Waals surface area contributed by atoms with Crippen molar-refractivity contribution in [3.8, 4) is 22.0 Å². The van der Waals surface area contributed by atoms with Gasteiger partial charge in [-0.3, -0.25) is 9.98 Å². The predicted molar refractivity (Wildman–Crippen MR) is 95.0 cm³/mol. The minimum atomic E-state index is 0.799. The molecule has 3 aromatic heterocycles. The van der Waals surface area contributed by atoms with E-state index in [0.717, 1.165) is 52.6 Å². The van der Waals surface area contributed by atoms with Crippen LogP contribution in [0.1, 0.15) is 6.42 Å². The molecule has 6 nitrogen and oxygen atoms in total. The first kappa shape index (κ1) is 14.3. The Hall–Kier alpha value is -2.32. The van der Waals surface area contributed by atoms with Crippen LogP contribution in [0.5, 0.6) is 0 Å². The van der Waals surface area contributed by atoms with E-state index in [2.05, 4.69) is 30.6 Å². The fourth-order valence-electron chi connectivity index (χ4n) is 2.18. The van der Waals surface area contributed by atoms with Crippen LogP contribution in [0.4, 0.5) is 5.13 Å². The highest BCUT2D eigenvalue weighted by molar-refractivity contribution is 7.14. The van der Waals surface area contributed by atoms with E-state index >= 15 is 0 Å². The highest BCUT2D eigenvalue weighted by Crippen LogP contribution is 2.30. The average molecular weight is 342 g/mol. The van der Waals surface area contributed by atoms with E-state index in [4.69, 9.17) is 0 Å². The van der Waals surface area contributed by atoms with E-state index in [0.29, 0.717) is 0 Å². The molecule has 0 spiro atoms. The Morgan fingerprint density at radius 2 is 1.87 bits per heavy atom. The summed E-state index contributed by atoms with van der Waals surface area (Å²) in [6, 6.07) is 3.92. The lowest BCUT2D eigenvalue weighted by molar-refractivity contribution is 0.740. The standard InChI is InChI=1S/C15H14N6S2/c1-4-17-14(18-5-1)21-15-20-12(9-23-15)11-8-22-13(19-11)10-2-6-16-7-3-10/h2-3,6-9H,1,4-5H2,(H2,17,18,20,21). The fourth-order valence-corrected chi connectivity index (χ4v) is 3.71. The summed E-state index contributed by atoms with van der Waals surface area (Å²) >= 11 is 3.17. The van der Waals surface area contributed by atoms with E-state index in [1.807, 2.05) is 22.9 Å². The van der Waals surface area contributed by atoms with Crippen LogP contribution in [-0.4, -0.2) is 34.0 Å². The molecule has 4 heterocycles. The van der Waals surface area contributed by atoms with Gasteiger partial charge in [-0.2, -0.15) is 0 Å². The molecule has 0 saturated carbocycles. The van der Waals surface area contributed by atoms with Crippen LogP contribution in [0.2, 0.25) is 0 Å². The molecule has 3 aromatic rings. The molecule has 0 atom stereocenters. The second-order valence-electron chi connectivity index (χ2n) is 4.95. The van der Waals surface area contributed by atoms with Crippen molar-refractivity contribution in [1.29, 1.82) is 0 Å². The number of nitrogens with zero attached hydrogens (tertiary/aromatic N) is 4. The van der Waals surface area contributed by atoms with Crippen molar-refractivity contribution in [2.24, 2.45) is 4.99 Å². The first-order valence-corrected chi connectivity index (χ1v) is 9.01. The molecular weight excluding hydrogens is 328 g/mol. The summed E-state index contributed by atoms with van der Waals surface area (Å²) in [5.41, 5.74) is 2.85. The Morgan fingerprint density at radius 1 is 1.04 bits per heavy atom. The first-order valence-electron chi connectivity index (χ1n) is 7.26. The quantitative estimate of drug-likeness (QED) is 0.765. The molecule has 0 amide bonds.